The molecule has 1 amide bonds. The third-order valence-corrected chi connectivity index (χ3v) is 4.66. The summed E-state index contributed by atoms with van der Waals surface area (Å²) < 4.78 is 39.1. The molecule has 1 aromatic carbocycles. The van der Waals surface area contributed by atoms with Gasteiger partial charge in [0.15, 0.2) is 0 Å². The second kappa shape index (κ2) is 5.03. The minimum Gasteiger partial charge on any atom is -0.355 e. The standard InChI is InChI=1S/C11H13FN2O3S/c12-9-3-1-2-4-10(9)18(16,17)14-7-5-11(15)13-6-8-14/h1-4H,5-8H2,(H,13,15). The Morgan fingerprint density at radius 3 is 2.67 bits per heavy atom. The van der Waals surface area contributed by atoms with Crippen molar-refractivity contribution < 1.29 is 17.6 Å². The van der Waals surface area contributed by atoms with Crippen molar-refractivity contribution in [3.05, 3.63) is 30.1 Å². The van der Waals surface area contributed by atoms with E-state index >= 15 is 0 Å². The number of nitrogens with zero attached hydrogens (tertiary/aromatic N) is 1. The first kappa shape index (κ1) is 13.0. The monoisotopic (exact) mass is 272 g/mol. The highest BCUT2D eigenvalue weighted by molar-refractivity contribution is 7.89. The van der Waals surface area contributed by atoms with Gasteiger partial charge in [0.2, 0.25) is 15.9 Å². The van der Waals surface area contributed by atoms with Crippen LogP contribution in [0.5, 0.6) is 0 Å². The molecule has 0 aliphatic carbocycles. The summed E-state index contributed by atoms with van der Waals surface area (Å²) in [5.41, 5.74) is 0. The average Bonchev–Trinajstić information content (AvgIpc) is 2.54. The Morgan fingerprint density at radius 1 is 1.22 bits per heavy atom. The number of halogens is 1. The highest BCUT2D eigenvalue weighted by Gasteiger charge is 2.28. The van der Waals surface area contributed by atoms with Crippen molar-refractivity contribution in [1.29, 1.82) is 0 Å². The Balaban J connectivity index is 2.31. The van der Waals surface area contributed by atoms with Crippen LogP contribution in [0.25, 0.3) is 0 Å². The Morgan fingerprint density at radius 2 is 1.94 bits per heavy atom. The lowest BCUT2D eigenvalue weighted by molar-refractivity contribution is -0.120. The second-order valence-electron chi connectivity index (χ2n) is 3.93. The first-order chi connectivity index (χ1) is 8.51. The molecule has 0 saturated carbocycles. The molecular weight excluding hydrogens is 259 g/mol. The number of rotatable bonds is 2. The van der Waals surface area contributed by atoms with Crippen molar-refractivity contribution >= 4 is 15.9 Å². The van der Waals surface area contributed by atoms with Gasteiger partial charge in [0.1, 0.15) is 10.7 Å². The molecule has 18 heavy (non-hydrogen) atoms. The molecule has 1 saturated heterocycles. The van der Waals surface area contributed by atoms with Gasteiger partial charge in [-0.15, -0.1) is 0 Å². The first-order valence-corrected chi connectivity index (χ1v) is 6.97. The molecule has 0 spiro atoms. The highest BCUT2D eigenvalue weighted by atomic mass is 32.2. The number of nitrogens with one attached hydrogen (secondary N) is 1. The second-order valence-corrected chi connectivity index (χ2v) is 5.84. The number of hydrogen-bond acceptors (Lipinski definition) is 3. The van der Waals surface area contributed by atoms with E-state index in [0.29, 0.717) is 0 Å². The quantitative estimate of drug-likeness (QED) is 0.844. The predicted molar refractivity (Wildman–Crippen MR) is 62.8 cm³/mol. The molecule has 1 fully saturated rings. The topological polar surface area (TPSA) is 66.5 Å². The van der Waals surface area contributed by atoms with Crippen LogP contribution in [0.1, 0.15) is 6.42 Å². The molecule has 0 radical (unpaired) electrons. The molecule has 1 aliphatic heterocycles. The van der Waals surface area contributed by atoms with Crippen LogP contribution in [0.2, 0.25) is 0 Å². The summed E-state index contributed by atoms with van der Waals surface area (Å²) in [7, 11) is -3.87. The molecule has 1 N–H and O–H groups in total. The van der Waals surface area contributed by atoms with Gasteiger partial charge in [-0.2, -0.15) is 4.31 Å². The summed E-state index contributed by atoms with van der Waals surface area (Å²) in [5.74, 6) is -0.970. The number of carbonyl (C=O) groups excluding carboxylic acids is 1. The molecule has 0 aromatic heterocycles. The lowest BCUT2D eigenvalue weighted by Crippen LogP contribution is -2.34. The van der Waals surface area contributed by atoms with E-state index in [2.05, 4.69) is 5.32 Å². The number of benzene rings is 1. The van der Waals surface area contributed by atoms with Crippen molar-refractivity contribution in [2.45, 2.75) is 11.3 Å². The van der Waals surface area contributed by atoms with Crippen LogP contribution in [0.15, 0.2) is 29.2 Å². The first-order valence-electron chi connectivity index (χ1n) is 5.53. The van der Waals surface area contributed by atoms with Gasteiger partial charge in [0, 0.05) is 26.1 Å². The van der Waals surface area contributed by atoms with Gasteiger partial charge in [-0.1, -0.05) is 12.1 Å². The Hall–Kier alpha value is -1.47. The number of hydrogen-bond donors (Lipinski definition) is 1. The van der Waals surface area contributed by atoms with Gasteiger partial charge in [-0.25, -0.2) is 12.8 Å². The molecule has 1 aliphatic rings. The predicted octanol–water partition coefficient (Wildman–Crippen LogP) is 0.336. The molecule has 1 aromatic rings. The maximum Gasteiger partial charge on any atom is 0.246 e. The van der Waals surface area contributed by atoms with Crippen molar-refractivity contribution in [2.75, 3.05) is 19.6 Å². The Bertz CT molecular complexity index is 559. The van der Waals surface area contributed by atoms with Gasteiger partial charge in [0.05, 0.1) is 0 Å². The van der Waals surface area contributed by atoms with Gasteiger partial charge in [-0.3, -0.25) is 4.79 Å². The van der Waals surface area contributed by atoms with E-state index in [-0.39, 0.29) is 36.9 Å². The van der Waals surface area contributed by atoms with Gasteiger partial charge >= 0.3 is 0 Å². The van der Waals surface area contributed by atoms with E-state index in [4.69, 9.17) is 0 Å². The zero-order valence-electron chi connectivity index (χ0n) is 9.60. The maximum absolute atomic E-state index is 13.5. The minimum absolute atomic E-state index is 0.0719. The summed E-state index contributed by atoms with van der Waals surface area (Å²) >= 11 is 0. The van der Waals surface area contributed by atoms with Crippen molar-refractivity contribution in [3.63, 3.8) is 0 Å². The average molecular weight is 272 g/mol. The van der Waals surface area contributed by atoms with Crippen molar-refractivity contribution in [3.8, 4) is 0 Å². The normalized spacial score (nSPS) is 18.2. The van der Waals surface area contributed by atoms with Crippen LogP contribution in [0.4, 0.5) is 4.39 Å². The largest absolute Gasteiger partial charge is 0.355 e. The summed E-state index contributed by atoms with van der Waals surface area (Å²) in [5, 5.41) is 2.57. The van der Waals surface area contributed by atoms with Gasteiger partial charge in [-0.05, 0) is 12.1 Å². The number of amides is 1. The van der Waals surface area contributed by atoms with Crippen LogP contribution in [0.3, 0.4) is 0 Å². The van der Waals surface area contributed by atoms with Gasteiger partial charge in [0.25, 0.3) is 0 Å². The zero-order chi connectivity index (χ0) is 13.2. The van der Waals surface area contributed by atoms with E-state index in [1.807, 2.05) is 0 Å². The fourth-order valence-electron chi connectivity index (χ4n) is 1.78. The SMILES string of the molecule is O=C1CCN(S(=O)(=O)c2ccccc2F)CCN1. The fraction of sp³-hybridized carbons (Fsp3) is 0.364. The lowest BCUT2D eigenvalue weighted by Gasteiger charge is -2.19. The van der Waals surface area contributed by atoms with Crippen LogP contribution >= 0.6 is 0 Å². The summed E-state index contributed by atoms with van der Waals surface area (Å²) in [4.78, 5) is 10.8. The molecule has 0 unspecified atom stereocenters. The highest BCUT2D eigenvalue weighted by Crippen LogP contribution is 2.19. The molecule has 1 heterocycles. The third kappa shape index (κ3) is 2.51. The van der Waals surface area contributed by atoms with Gasteiger partial charge < -0.3 is 5.32 Å². The van der Waals surface area contributed by atoms with Crippen LogP contribution in [-0.2, 0) is 14.8 Å². The molecule has 2 rings (SSSR count). The smallest absolute Gasteiger partial charge is 0.246 e. The Labute approximate surface area is 105 Å². The van der Waals surface area contributed by atoms with Crippen molar-refractivity contribution in [1.82, 2.24) is 9.62 Å². The number of sulfonamides is 1. The zero-order valence-corrected chi connectivity index (χ0v) is 10.4. The molecular formula is C11H13FN2O3S. The third-order valence-electron chi connectivity index (χ3n) is 2.73. The summed E-state index contributed by atoms with van der Waals surface area (Å²) in [6, 6.07) is 5.23. The molecule has 7 heteroatoms. The molecule has 5 nitrogen and oxygen atoms in total. The molecule has 98 valence electrons. The lowest BCUT2D eigenvalue weighted by atomic mass is 10.3. The summed E-state index contributed by atoms with van der Waals surface area (Å²) in [6.07, 6.45) is 0.0910. The fourth-order valence-corrected chi connectivity index (χ4v) is 3.29. The molecule has 0 bridgehead atoms. The van der Waals surface area contributed by atoms with E-state index < -0.39 is 15.8 Å². The Kier molecular flexibility index (Phi) is 3.63. The minimum atomic E-state index is -3.87. The maximum atomic E-state index is 13.5. The van der Waals surface area contributed by atoms with Crippen molar-refractivity contribution in [2.24, 2.45) is 0 Å². The van der Waals surface area contributed by atoms with E-state index in [1.54, 1.807) is 0 Å². The molecule has 0 atom stereocenters. The van der Waals surface area contributed by atoms with E-state index in [0.717, 1.165) is 10.4 Å². The summed E-state index contributed by atoms with van der Waals surface area (Å²) in [6.45, 7) is 0.470. The van der Waals surface area contributed by atoms with E-state index in [9.17, 15) is 17.6 Å². The van der Waals surface area contributed by atoms with Crippen LogP contribution < -0.4 is 5.32 Å². The number of carbonyl (C=O) groups is 1. The van der Waals surface area contributed by atoms with E-state index in [1.165, 1.54) is 18.2 Å². The van der Waals surface area contributed by atoms with Crippen LogP contribution in [0, 0.1) is 5.82 Å². The van der Waals surface area contributed by atoms with Crippen LogP contribution in [-0.4, -0.2) is 38.3 Å².